The zero-order valence-corrected chi connectivity index (χ0v) is 6.48. The molecule has 0 aromatic heterocycles. The Kier molecular flexibility index (Phi) is 1.52. The van der Waals surface area contributed by atoms with Crippen LogP contribution in [0, 0.1) is 0 Å². The van der Waals surface area contributed by atoms with Gasteiger partial charge in [-0.05, 0) is 6.42 Å². The Hall–Kier alpha value is -0.0900. The van der Waals surface area contributed by atoms with Crippen molar-refractivity contribution in [2.45, 2.75) is 25.1 Å². The predicted molar refractivity (Wildman–Crippen MR) is 35.4 cm³/mol. The molecule has 0 saturated carbocycles. The van der Waals surface area contributed by atoms with Crippen LogP contribution in [0.4, 0.5) is 0 Å². The van der Waals surface area contributed by atoms with Crippen LogP contribution in [-0.2, 0) is 10.0 Å². The van der Waals surface area contributed by atoms with Gasteiger partial charge < -0.3 is 0 Å². The molecule has 0 bridgehead atoms. The average molecular weight is 149 g/mol. The molecule has 9 heavy (non-hydrogen) atoms. The molecule has 2 unspecified atom stereocenters. The van der Waals surface area contributed by atoms with E-state index in [2.05, 4.69) is 0 Å². The van der Waals surface area contributed by atoms with Gasteiger partial charge in [0.05, 0.1) is 0 Å². The first-order valence-electron chi connectivity index (χ1n) is 3.07. The molecule has 54 valence electrons. The van der Waals surface area contributed by atoms with E-state index in [0.29, 0.717) is 0 Å². The lowest BCUT2D eigenvalue weighted by Gasteiger charge is -1.82. The summed E-state index contributed by atoms with van der Waals surface area (Å²) in [6.07, 6.45) is 1.72. The monoisotopic (exact) mass is 149 g/mol. The Morgan fingerprint density at radius 2 is 2.00 bits per heavy atom. The van der Waals surface area contributed by atoms with Crippen LogP contribution >= 0.6 is 0 Å². The van der Waals surface area contributed by atoms with Crippen molar-refractivity contribution in [3.05, 3.63) is 0 Å². The van der Waals surface area contributed by atoms with Gasteiger partial charge in [-0.3, -0.25) is 0 Å². The van der Waals surface area contributed by atoms with E-state index < -0.39 is 10.0 Å². The Labute approximate surface area is 55.7 Å². The Morgan fingerprint density at radius 3 is 2.11 bits per heavy atom. The highest BCUT2D eigenvalue weighted by atomic mass is 32.2. The highest BCUT2D eigenvalue weighted by Crippen LogP contribution is 2.31. The zero-order valence-electron chi connectivity index (χ0n) is 5.66. The molecule has 0 aromatic carbocycles. The van der Waals surface area contributed by atoms with Crippen LogP contribution < -0.4 is 0 Å². The quantitative estimate of drug-likeness (QED) is 0.532. The number of rotatable bonds is 2. The summed E-state index contributed by atoms with van der Waals surface area (Å²) in [5, 5.41) is -0.164. The largest absolute Gasteiger partial charge is 0.232 e. The predicted octanol–water partition coefficient (Wildman–Crippen LogP) is 0.388. The van der Waals surface area contributed by atoms with Crippen LogP contribution in [0.15, 0.2) is 0 Å². The fraction of sp³-hybridized carbons (Fsp3) is 1.00. The fourth-order valence-electron chi connectivity index (χ4n) is 0.924. The minimum Gasteiger partial charge on any atom is -0.210 e. The summed E-state index contributed by atoms with van der Waals surface area (Å²) in [6, 6.07) is 0. The van der Waals surface area contributed by atoms with Crippen LogP contribution in [0.3, 0.4) is 0 Å². The second-order valence-electron chi connectivity index (χ2n) is 2.30. The molecular formula is C5H11NO2S. The summed E-state index contributed by atoms with van der Waals surface area (Å²) in [5.74, 6) is 0. The van der Waals surface area contributed by atoms with Crippen molar-refractivity contribution in [2.75, 3.05) is 7.05 Å². The second-order valence-corrected chi connectivity index (χ2v) is 4.45. The summed E-state index contributed by atoms with van der Waals surface area (Å²) in [4.78, 5) is 0. The van der Waals surface area contributed by atoms with Crippen molar-refractivity contribution in [3.8, 4) is 0 Å². The molecule has 0 amide bonds. The van der Waals surface area contributed by atoms with E-state index in [-0.39, 0.29) is 5.37 Å². The number of hydrogen-bond acceptors (Lipinski definition) is 2. The molecule has 0 N–H and O–H groups in total. The first-order chi connectivity index (χ1) is 4.10. The molecule has 0 aliphatic carbocycles. The number of hydrogen-bond donors (Lipinski definition) is 0. The van der Waals surface area contributed by atoms with E-state index in [1.807, 2.05) is 6.92 Å². The molecule has 0 radical (unpaired) electrons. The first kappa shape index (κ1) is 7.02. The molecule has 0 spiro atoms. The first-order valence-corrected chi connectivity index (χ1v) is 4.58. The van der Waals surface area contributed by atoms with E-state index in [1.165, 1.54) is 4.31 Å². The Balaban J connectivity index is 2.53. The highest BCUT2D eigenvalue weighted by molar-refractivity contribution is 7.95. The van der Waals surface area contributed by atoms with Crippen molar-refractivity contribution in [1.29, 1.82) is 0 Å². The molecule has 4 heteroatoms. The molecule has 3 nitrogen and oxygen atoms in total. The van der Waals surface area contributed by atoms with Crippen LogP contribution in [0.25, 0.3) is 0 Å². The second kappa shape index (κ2) is 1.95. The molecule has 2 atom stereocenters. The normalized spacial score (nSPS) is 38.4. The number of nitrogens with zero attached hydrogens (tertiary/aromatic N) is 1. The van der Waals surface area contributed by atoms with Crippen LogP contribution in [0.5, 0.6) is 0 Å². The molecule has 0 aromatic rings. The standard InChI is InChI=1S/C5H11NO2S/c1-3-4-5-6(2)9(5,7)8/h5H,3-4H2,1-2H3. The third-order valence-corrected chi connectivity index (χ3v) is 3.72. The van der Waals surface area contributed by atoms with Crippen LogP contribution in [0.2, 0.25) is 0 Å². The summed E-state index contributed by atoms with van der Waals surface area (Å²) >= 11 is 0. The van der Waals surface area contributed by atoms with Crippen molar-refractivity contribution < 1.29 is 8.42 Å². The van der Waals surface area contributed by atoms with E-state index in [1.54, 1.807) is 7.05 Å². The van der Waals surface area contributed by atoms with Gasteiger partial charge in [0.25, 0.3) is 0 Å². The van der Waals surface area contributed by atoms with Gasteiger partial charge in [-0.15, -0.1) is 0 Å². The summed E-state index contributed by atoms with van der Waals surface area (Å²) in [6.45, 7) is 1.99. The third-order valence-electron chi connectivity index (χ3n) is 1.64. The third kappa shape index (κ3) is 0.966. The van der Waals surface area contributed by atoms with Gasteiger partial charge in [-0.2, -0.15) is 4.31 Å². The van der Waals surface area contributed by atoms with Crippen LogP contribution in [0.1, 0.15) is 19.8 Å². The Bertz CT molecular complexity index is 197. The van der Waals surface area contributed by atoms with Gasteiger partial charge in [0, 0.05) is 7.05 Å². The van der Waals surface area contributed by atoms with E-state index >= 15 is 0 Å². The minimum atomic E-state index is -2.76. The molecule has 1 heterocycles. The molecular weight excluding hydrogens is 138 g/mol. The summed E-state index contributed by atoms with van der Waals surface area (Å²) in [7, 11) is -1.14. The van der Waals surface area contributed by atoms with E-state index in [9.17, 15) is 8.42 Å². The smallest absolute Gasteiger partial charge is 0.210 e. The number of sulfonamides is 1. The molecule has 1 saturated heterocycles. The van der Waals surface area contributed by atoms with E-state index in [4.69, 9.17) is 0 Å². The lowest BCUT2D eigenvalue weighted by atomic mass is 10.3. The van der Waals surface area contributed by atoms with Gasteiger partial charge in [0.15, 0.2) is 0 Å². The maximum Gasteiger partial charge on any atom is 0.232 e. The summed E-state index contributed by atoms with van der Waals surface area (Å²) < 4.78 is 22.9. The zero-order chi connectivity index (χ0) is 7.07. The van der Waals surface area contributed by atoms with Gasteiger partial charge in [-0.25, -0.2) is 8.42 Å². The highest BCUT2D eigenvalue weighted by Gasteiger charge is 2.50. The maximum absolute atomic E-state index is 10.7. The molecule has 1 aliphatic rings. The van der Waals surface area contributed by atoms with Gasteiger partial charge >= 0.3 is 0 Å². The fourth-order valence-corrected chi connectivity index (χ4v) is 2.47. The van der Waals surface area contributed by atoms with Crippen molar-refractivity contribution >= 4 is 10.0 Å². The maximum atomic E-state index is 10.7. The van der Waals surface area contributed by atoms with Gasteiger partial charge in [-0.1, -0.05) is 13.3 Å². The SMILES string of the molecule is CCCC1N(C)S1(=O)=O. The lowest BCUT2D eigenvalue weighted by Crippen LogP contribution is -1.91. The lowest BCUT2D eigenvalue weighted by molar-refractivity contribution is 0.576. The molecule has 1 fully saturated rings. The Morgan fingerprint density at radius 1 is 1.56 bits per heavy atom. The van der Waals surface area contributed by atoms with Gasteiger partial charge in [0.2, 0.25) is 10.0 Å². The van der Waals surface area contributed by atoms with Crippen molar-refractivity contribution in [3.63, 3.8) is 0 Å². The van der Waals surface area contributed by atoms with Crippen molar-refractivity contribution in [1.82, 2.24) is 4.31 Å². The molecule has 1 rings (SSSR count). The van der Waals surface area contributed by atoms with E-state index in [0.717, 1.165) is 12.8 Å². The van der Waals surface area contributed by atoms with Crippen LogP contribution in [-0.4, -0.2) is 25.1 Å². The molecule has 1 aliphatic heterocycles. The van der Waals surface area contributed by atoms with Crippen molar-refractivity contribution in [2.24, 2.45) is 0 Å². The summed E-state index contributed by atoms with van der Waals surface area (Å²) in [5.41, 5.74) is 0. The average Bonchev–Trinajstić information content (AvgIpc) is 2.19. The van der Waals surface area contributed by atoms with Gasteiger partial charge in [0.1, 0.15) is 5.37 Å². The minimum absolute atomic E-state index is 0.164. The topological polar surface area (TPSA) is 37.1 Å².